The summed E-state index contributed by atoms with van der Waals surface area (Å²) in [6, 6.07) is 6.04. The van der Waals surface area contributed by atoms with Gasteiger partial charge in [0, 0.05) is 25.6 Å². The Labute approximate surface area is 207 Å². The Kier molecular flexibility index (Phi) is 6.97. The average Bonchev–Trinajstić information content (AvgIpc) is 3.25. The van der Waals surface area contributed by atoms with Gasteiger partial charge in [-0.25, -0.2) is 0 Å². The highest BCUT2D eigenvalue weighted by atomic mass is 19.4. The van der Waals surface area contributed by atoms with Crippen LogP contribution in [0.2, 0.25) is 0 Å². The highest BCUT2D eigenvalue weighted by Crippen LogP contribution is 2.56. The van der Waals surface area contributed by atoms with Crippen molar-refractivity contribution in [1.82, 2.24) is 4.90 Å². The maximum Gasteiger partial charge on any atom is 0.416 e. The smallest absolute Gasteiger partial charge is 0.416 e. The molecule has 6 heteroatoms. The molecule has 3 nitrogen and oxygen atoms in total. The van der Waals surface area contributed by atoms with E-state index >= 15 is 0 Å². The molecule has 194 valence electrons. The van der Waals surface area contributed by atoms with Gasteiger partial charge < -0.3 is 5.11 Å². The Morgan fingerprint density at radius 1 is 0.914 bits per heavy atom. The van der Waals surface area contributed by atoms with Gasteiger partial charge in [0.2, 0.25) is 0 Å². The number of carboxylic acids is 1. The number of benzene rings is 1. The molecule has 1 N–H and O–H groups in total. The number of piperidine rings is 1. The van der Waals surface area contributed by atoms with Gasteiger partial charge in [-0.2, -0.15) is 13.2 Å². The molecule has 4 fully saturated rings. The fraction of sp³-hybridized carbons (Fsp3) is 0.759. The van der Waals surface area contributed by atoms with Gasteiger partial charge in [0.25, 0.3) is 0 Å². The van der Waals surface area contributed by atoms with Gasteiger partial charge in [-0.05, 0) is 91.7 Å². The minimum atomic E-state index is -4.34. The highest BCUT2D eigenvalue weighted by molar-refractivity contribution is 5.67. The molecule has 2 spiro atoms. The van der Waals surface area contributed by atoms with E-state index in [4.69, 9.17) is 0 Å². The van der Waals surface area contributed by atoms with E-state index in [0.29, 0.717) is 10.8 Å². The monoisotopic (exact) mass is 491 g/mol. The number of carbonyl (C=O) groups is 1. The van der Waals surface area contributed by atoms with Crippen molar-refractivity contribution in [3.63, 3.8) is 0 Å². The number of alkyl halides is 3. The van der Waals surface area contributed by atoms with Crippen LogP contribution in [0.15, 0.2) is 24.3 Å². The first-order valence-electron chi connectivity index (χ1n) is 13.8. The molecular formula is C29H40F3NO2. The van der Waals surface area contributed by atoms with Crippen LogP contribution in [0.25, 0.3) is 0 Å². The first-order chi connectivity index (χ1) is 16.7. The third-order valence-corrected chi connectivity index (χ3v) is 9.93. The third-order valence-electron chi connectivity index (χ3n) is 9.93. The van der Waals surface area contributed by atoms with E-state index in [9.17, 15) is 23.1 Å². The molecule has 0 bridgehead atoms. The number of rotatable bonds is 4. The predicted molar refractivity (Wildman–Crippen MR) is 130 cm³/mol. The maximum atomic E-state index is 13.2. The van der Waals surface area contributed by atoms with Crippen LogP contribution in [0.4, 0.5) is 13.2 Å². The molecule has 0 radical (unpaired) electrons. The van der Waals surface area contributed by atoms with Gasteiger partial charge in [-0.15, -0.1) is 0 Å². The number of aliphatic carboxylic acids is 1. The van der Waals surface area contributed by atoms with Crippen molar-refractivity contribution in [1.29, 1.82) is 0 Å². The molecule has 1 saturated heterocycles. The summed E-state index contributed by atoms with van der Waals surface area (Å²) in [4.78, 5) is 14.2. The van der Waals surface area contributed by atoms with Crippen molar-refractivity contribution in [2.75, 3.05) is 13.1 Å². The van der Waals surface area contributed by atoms with Gasteiger partial charge >= 0.3 is 12.1 Å². The van der Waals surface area contributed by atoms with E-state index in [0.717, 1.165) is 37.9 Å². The molecule has 1 heterocycles. The molecule has 1 aliphatic heterocycles. The molecule has 5 rings (SSSR count). The molecule has 35 heavy (non-hydrogen) atoms. The molecule has 1 aromatic rings. The SMILES string of the molecule is O=C(O)C[C@@H]1CC[C@@H](N2CC3(CCCCC3)CC3(CCCC3)C2)[C@H](c2ccc(C(F)(F)F)cc2)C1. The van der Waals surface area contributed by atoms with Crippen LogP contribution in [0.1, 0.15) is 107 Å². The van der Waals surface area contributed by atoms with Gasteiger partial charge in [0.05, 0.1) is 5.56 Å². The third kappa shape index (κ3) is 5.42. The van der Waals surface area contributed by atoms with Crippen LogP contribution in [-0.4, -0.2) is 35.1 Å². The molecular weight excluding hydrogens is 451 g/mol. The summed E-state index contributed by atoms with van der Waals surface area (Å²) in [7, 11) is 0. The summed E-state index contributed by atoms with van der Waals surface area (Å²) in [6.07, 6.45) is 11.6. The highest BCUT2D eigenvalue weighted by Gasteiger charge is 2.51. The lowest BCUT2D eigenvalue weighted by molar-refractivity contribution is -0.139. The second-order valence-electron chi connectivity index (χ2n) is 12.4. The summed E-state index contributed by atoms with van der Waals surface area (Å²) in [5, 5.41) is 9.43. The molecule has 0 amide bonds. The zero-order valence-electron chi connectivity index (χ0n) is 20.8. The van der Waals surface area contributed by atoms with Crippen LogP contribution in [0.3, 0.4) is 0 Å². The Hall–Kier alpha value is -1.56. The zero-order valence-corrected chi connectivity index (χ0v) is 20.8. The largest absolute Gasteiger partial charge is 0.481 e. The van der Waals surface area contributed by atoms with Gasteiger partial charge in [0.1, 0.15) is 0 Å². The van der Waals surface area contributed by atoms with E-state index < -0.39 is 17.7 Å². The summed E-state index contributed by atoms with van der Waals surface area (Å²) >= 11 is 0. The lowest BCUT2D eigenvalue weighted by atomic mass is 9.60. The molecule has 1 aromatic carbocycles. The van der Waals surface area contributed by atoms with Crippen molar-refractivity contribution < 1.29 is 23.1 Å². The fourth-order valence-corrected chi connectivity index (χ4v) is 8.54. The van der Waals surface area contributed by atoms with Crippen molar-refractivity contribution in [3.8, 4) is 0 Å². The van der Waals surface area contributed by atoms with Crippen LogP contribution < -0.4 is 0 Å². The first-order valence-corrected chi connectivity index (χ1v) is 13.8. The van der Waals surface area contributed by atoms with E-state index in [1.165, 1.54) is 76.3 Å². The van der Waals surface area contributed by atoms with E-state index in [-0.39, 0.29) is 24.3 Å². The van der Waals surface area contributed by atoms with Gasteiger partial charge in [-0.3, -0.25) is 9.69 Å². The zero-order chi connectivity index (χ0) is 24.7. The lowest BCUT2D eigenvalue weighted by Crippen LogP contribution is -2.57. The second-order valence-corrected chi connectivity index (χ2v) is 12.4. The number of nitrogens with zero attached hydrogens (tertiary/aromatic N) is 1. The Balaban J connectivity index is 1.45. The van der Waals surface area contributed by atoms with E-state index in [1.807, 2.05) is 0 Å². The Morgan fingerprint density at radius 3 is 2.03 bits per heavy atom. The molecule has 0 unspecified atom stereocenters. The molecule has 3 atom stereocenters. The second kappa shape index (κ2) is 9.72. The summed E-state index contributed by atoms with van der Waals surface area (Å²) < 4.78 is 39.7. The minimum absolute atomic E-state index is 0.0879. The normalized spacial score (nSPS) is 31.1. The van der Waals surface area contributed by atoms with Crippen molar-refractivity contribution >= 4 is 5.97 Å². The quantitative estimate of drug-likeness (QED) is 0.470. The number of hydrogen-bond acceptors (Lipinski definition) is 2. The van der Waals surface area contributed by atoms with Crippen molar-refractivity contribution in [3.05, 3.63) is 35.4 Å². The average molecular weight is 492 g/mol. The van der Waals surface area contributed by atoms with Crippen molar-refractivity contribution in [2.45, 2.75) is 108 Å². The lowest BCUT2D eigenvalue weighted by Gasteiger charge is -2.57. The van der Waals surface area contributed by atoms with E-state index in [2.05, 4.69) is 4.90 Å². The first kappa shape index (κ1) is 25.1. The van der Waals surface area contributed by atoms with Crippen molar-refractivity contribution in [2.24, 2.45) is 16.7 Å². The standard InChI is InChI=1S/C29H40F3NO2/c30-29(31,32)23-9-7-22(8-10-23)24-16-21(17-26(34)35)6-11-25(24)33-19-27(12-2-1-3-13-27)18-28(20-33)14-4-5-15-28/h7-10,21,24-25H,1-6,11-20H2,(H,34,35)/t21-,24+,25-/m1/s1. The molecule has 3 aliphatic carbocycles. The predicted octanol–water partition coefficient (Wildman–Crippen LogP) is 7.65. The number of carboxylic acid groups (broad SMARTS) is 1. The number of likely N-dealkylation sites (tertiary alicyclic amines) is 1. The topological polar surface area (TPSA) is 40.5 Å². The number of halogens is 3. The molecule has 3 saturated carbocycles. The van der Waals surface area contributed by atoms with E-state index in [1.54, 1.807) is 12.1 Å². The van der Waals surface area contributed by atoms with Crippen LogP contribution in [0.5, 0.6) is 0 Å². The van der Waals surface area contributed by atoms with Gasteiger partial charge in [0.15, 0.2) is 0 Å². The minimum Gasteiger partial charge on any atom is -0.481 e. The summed E-state index contributed by atoms with van der Waals surface area (Å²) in [5.41, 5.74) is 1.13. The molecule has 4 aliphatic rings. The maximum absolute atomic E-state index is 13.2. The number of hydrogen-bond donors (Lipinski definition) is 1. The summed E-state index contributed by atoms with van der Waals surface area (Å²) in [6.45, 7) is 2.22. The van der Waals surface area contributed by atoms with Crippen LogP contribution in [-0.2, 0) is 11.0 Å². The Bertz CT molecular complexity index is 884. The summed E-state index contributed by atoms with van der Waals surface area (Å²) in [5.74, 6) is -0.596. The molecule has 0 aromatic heterocycles. The van der Waals surface area contributed by atoms with Crippen LogP contribution in [0, 0.1) is 16.7 Å². The Morgan fingerprint density at radius 2 is 1.49 bits per heavy atom. The fourth-order valence-electron chi connectivity index (χ4n) is 8.54. The van der Waals surface area contributed by atoms with Crippen LogP contribution >= 0.6 is 0 Å². The van der Waals surface area contributed by atoms with Gasteiger partial charge in [-0.1, -0.05) is 44.2 Å².